The molecule has 0 bridgehead atoms. The summed E-state index contributed by atoms with van der Waals surface area (Å²) in [5, 5.41) is 0. The van der Waals surface area contributed by atoms with Crippen LogP contribution in [-0.4, -0.2) is 30.0 Å². The molecular formula is C15H18N2O3. The number of carbonyl (C=O) groups excluding carboxylic acids is 1. The van der Waals surface area contributed by atoms with Crippen molar-refractivity contribution in [1.29, 1.82) is 0 Å². The van der Waals surface area contributed by atoms with Crippen LogP contribution in [0.2, 0.25) is 0 Å². The van der Waals surface area contributed by atoms with E-state index < -0.39 is 5.97 Å². The zero-order valence-electron chi connectivity index (χ0n) is 11.9. The molecule has 0 aliphatic heterocycles. The summed E-state index contributed by atoms with van der Waals surface area (Å²) >= 11 is 0. The third kappa shape index (κ3) is 3.24. The Morgan fingerprint density at radius 1 is 1.35 bits per heavy atom. The summed E-state index contributed by atoms with van der Waals surface area (Å²) in [5.41, 5.74) is 1.18. The van der Waals surface area contributed by atoms with Crippen LogP contribution in [0, 0.1) is 0 Å². The third-order valence-corrected chi connectivity index (χ3v) is 3.27. The van der Waals surface area contributed by atoms with Crippen molar-refractivity contribution in [3.63, 3.8) is 0 Å². The average Bonchev–Trinajstić information content (AvgIpc) is 2.96. The molecule has 2 aromatic heterocycles. The van der Waals surface area contributed by atoms with Crippen molar-refractivity contribution < 1.29 is 13.9 Å². The molecule has 0 spiro atoms. The molecule has 0 fully saturated rings. The lowest BCUT2D eigenvalue weighted by Gasteiger charge is -2.22. The number of hydrogen-bond donors (Lipinski definition) is 0. The van der Waals surface area contributed by atoms with Crippen molar-refractivity contribution in [2.24, 2.45) is 0 Å². The smallest absolute Gasteiger partial charge is 0.373 e. The fourth-order valence-corrected chi connectivity index (χ4v) is 1.92. The minimum atomic E-state index is -0.458. The maximum absolute atomic E-state index is 11.4. The van der Waals surface area contributed by atoms with E-state index in [0.29, 0.717) is 0 Å². The Morgan fingerprint density at radius 3 is 2.70 bits per heavy atom. The Balaban J connectivity index is 2.05. The fourth-order valence-electron chi connectivity index (χ4n) is 1.92. The van der Waals surface area contributed by atoms with Gasteiger partial charge < -0.3 is 9.15 Å². The van der Waals surface area contributed by atoms with Crippen molar-refractivity contribution >= 4 is 5.97 Å². The van der Waals surface area contributed by atoms with Crippen LogP contribution in [0.5, 0.6) is 0 Å². The van der Waals surface area contributed by atoms with Gasteiger partial charge in [0.25, 0.3) is 0 Å². The van der Waals surface area contributed by atoms with Crippen molar-refractivity contribution in [2.45, 2.75) is 19.5 Å². The number of aromatic nitrogens is 1. The molecule has 0 saturated carbocycles. The predicted molar refractivity (Wildman–Crippen MR) is 74.2 cm³/mol. The summed E-state index contributed by atoms with van der Waals surface area (Å²) in [6.45, 7) is 2.80. The van der Waals surface area contributed by atoms with Gasteiger partial charge in [-0.15, -0.1) is 0 Å². The summed E-state index contributed by atoms with van der Waals surface area (Å²) in [5.74, 6) is 0.508. The van der Waals surface area contributed by atoms with Crippen LogP contribution >= 0.6 is 0 Å². The molecule has 0 aliphatic rings. The van der Waals surface area contributed by atoms with Gasteiger partial charge in [0.15, 0.2) is 0 Å². The molecule has 20 heavy (non-hydrogen) atoms. The second-order valence-electron chi connectivity index (χ2n) is 4.64. The largest absolute Gasteiger partial charge is 0.463 e. The lowest BCUT2D eigenvalue weighted by molar-refractivity contribution is 0.0559. The van der Waals surface area contributed by atoms with Gasteiger partial charge in [-0.05, 0) is 43.8 Å². The molecule has 2 rings (SSSR count). The molecule has 0 amide bonds. The first kappa shape index (κ1) is 14.3. The zero-order chi connectivity index (χ0) is 14.5. The van der Waals surface area contributed by atoms with E-state index >= 15 is 0 Å². The van der Waals surface area contributed by atoms with E-state index in [4.69, 9.17) is 4.42 Å². The van der Waals surface area contributed by atoms with Gasteiger partial charge in [0.1, 0.15) is 5.76 Å². The summed E-state index contributed by atoms with van der Waals surface area (Å²) in [6.07, 6.45) is 3.55. The number of rotatable bonds is 5. The van der Waals surface area contributed by atoms with E-state index in [1.54, 1.807) is 24.5 Å². The SMILES string of the molecule is COC(=O)c1ccc(C(C)N(C)Cc2ccncc2)o1. The Kier molecular flexibility index (Phi) is 4.53. The minimum Gasteiger partial charge on any atom is -0.463 e. The second kappa shape index (κ2) is 6.34. The monoisotopic (exact) mass is 274 g/mol. The number of pyridine rings is 1. The highest BCUT2D eigenvalue weighted by molar-refractivity contribution is 5.86. The normalized spacial score (nSPS) is 12.4. The van der Waals surface area contributed by atoms with Crippen LogP contribution in [0.25, 0.3) is 0 Å². The zero-order valence-corrected chi connectivity index (χ0v) is 11.9. The van der Waals surface area contributed by atoms with Crippen LogP contribution in [0.3, 0.4) is 0 Å². The van der Waals surface area contributed by atoms with E-state index in [9.17, 15) is 4.79 Å². The third-order valence-electron chi connectivity index (χ3n) is 3.27. The maximum Gasteiger partial charge on any atom is 0.373 e. The fraction of sp³-hybridized carbons (Fsp3) is 0.333. The number of nitrogens with zero attached hydrogens (tertiary/aromatic N) is 2. The number of methoxy groups -OCH3 is 1. The quantitative estimate of drug-likeness (QED) is 0.784. The first-order chi connectivity index (χ1) is 9.61. The van der Waals surface area contributed by atoms with Gasteiger partial charge in [-0.3, -0.25) is 9.88 Å². The van der Waals surface area contributed by atoms with Crippen molar-refractivity contribution in [2.75, 3.05) is 14.2 Å². The number of furan rings is 1. The van der Waals surface area contributed by atoms with Gasteiger partial charge in [0.05, 0.1) is 13.2 Å². The van der Waals surface area contributed by atoms with E-state index in [0.717, 1.165) is 12.3 Å². The van der Waals surface area contributed by atoms with Crippen LogP contribution < -0.4 is 0 Å². The van der Waals surface area contributed by atoms with Gasteiger partial charge in [0.2, 0.25) is 5.76 Å². The number of esters is 1. The highest BCUT2D eigenvalue weighted by atomic mass is 16.5. The minimum absolute atomic E-state index is 0.0570. The van der Waals surface area contributed by atoms with Gasteiger partial charge in [-0.2, -0.15) is 0 Å². The van der Waals surface area contributed by atoms with Gasteiger partial charge in [0, 0.05) is 18.9 Å². The Morgan fingerprint density at radius 2 is 2.05 bits per heavy atom. The van der Waals surface area contributed by atoms with Crippen LogP contribution in [-0.2, 0) is 11.3 Å². The highest BCUT2D eigenvalue weighted by Crippen LogP contribution is 2.23. The van der Waals surface area contributed by atoms with E-state index in [-0.39, 0.29) is 11.8 Å². The second-order valence-corrected chi connectivity index (χ2v) is 4.64. The van der Waals surface area contributed by atoms with Crippen molar-refractivity contribution in [3.05, 3.63) is 53.7 Å². The van der Waals surface area contributed by atoms with E-state index in [1.807, 2.05) is 26.1 Å². The maximum atomic E-state index is 11.4. The molecule has 0 aliphatic carbocycles. The molecule has 1 unspecified atom stereocenters. The van der Waals surface area contributed by atoms with Gasteiger partial charge in [-0.1, -0.05) is 0 Å². The summed E-state index contributed by atoms with van der Waals surface area (Å²) in [4.78, 5) is 17.5. The lowest BCUT2D eigenvalue weighted by atomic mass is 10.2. The van der Waals surface area contributed by atoms with Gasteiger partial charge >= 0.3 is 5.97 Å². The van der Waals surface area contributed by atoms with E-state index in [2.05, 4.69) is 14.6 Å². The summed E-state index contributed by atoms with van der Waals surface area (Å²) in [6, 6.07) is 7.45. The van der Waals surface area contributed by atoms with Gasteiger partial charge in [-0.25, -0.2) is 4.79 Å². The summed E-state index contributed by atoms with van der Waals surface area (Å²) in [7, 11) is 3.34. The van der Waals surface area contributed by atoms with Crippen molar-refractivity contribution in [3.8, 4) is 0 Å². The standard InChI is InChI=1S/C15H18N2O3/c1-11(13-4-5-14(20-13)15(18)19-3)17(2)10-12-6-8-16-9-7-12/h4-9,11H,10H2,1-3H3. The molecule has 5 heteroatoms. The predicted octanol–water partition coefficient (Wildman–Crippen LogP) is 2.65. The summed E-state index contributed by atoms with van der Waals surface area (Å²) < 4.78 is 10.2. The molecule has 2 heterocycles. The number of ether oxygens (including phenoxy) is 1. The topological polar surface area (TPSA) is 55.6 Å². The molecule has 0 N–H and O–H groups in total. The highest BCUT2D eigenvalue weighted by Gasteiger charge is 2.18. The molecule has 1 atom stereocenters. The Labute approximate surface area is 118 Å². The molecule has 0 saturated heterocycles. The number of carbonyl (C=O) groups is 1. The molecule has 0 aromatic carbocycles. The molecule has 106 valence electrons. The first-order valence-corrected chi connectivity index (χ1v) is 6.39. The Hall–Kier alpha value is -2.14. The average molecular weight is 274 g/mol. The lowest BCUT2D eigenvalue weighted by Crippen LogP contribution is -2.21. The Bertz CT molecular complexity index is 566. The molecule has 2 aromatic rings. The molecule has 0 radical (unpaired) electrons. The molecule has 5 nitrogen and oxygen atoms in total. The van der Waals surface area contributed by atoms with Crippen LogP contribution in [0.1, 0.15) is 34.8 Å². The van der Waals surface area contributed by atoms with Crippen LogP contribution in [0.15, 0.2) is 41.1 Å². The molecular weight excluding hydrogens is 256 g/mol. The van der Waals surface area contributed by atoms with E-state index in [1.165, 1.54) is 12.7 Å². The first-order valence-electron chi connectivity index (χ1n) is 6.39. The number of hydrogen-bond acceptors (Lipinski definition) is 5. The van der Waals surface area contributed by atoms with Crippen LogP contribution in [0.4, 0.5) is 0 Å². The van der Waals surface area contributed by atoms with Crippen molar-refractivity contribution in [1.82, 2.24) is 9.88 Å².